The van der Waals surface area contributed by atoms with Crippen molar-refractivity contribution in [2.45, 2.75) is 12.5 Å². The molecule has 3 heteroatoms. The molecule has 2 N–H and O–H groups in total. The molecule has 3 aromatic rings. The molecule has 1 heterocycles. The second kappa shape index (κ2) is 4.63. The molecule has 1 unspecified atom stereocenters. The van der Waals surface area contributed by atoms with Crippen molar-refractivity contribution in [3.8, 4) is 0 Å². The molecule has 0 amide bonds. The molecule has 3 rings (SSSR count). The highest BCUT2D eigenvalue weighted by atomic mass is 16.3. The standard InChI is InChI=1S/C15H14N2O/c18-14(10-11-6-2-1-3-7-11)15-16-12-8-4-5-9-13(12)17-15/h1-9,14,18H,10H2,(H,16,17). The minimum Gasteiger partial charge on any atom is -0.385 e. The molecule has 0 aliphatic carbocycles. The quantitative estimate of drug-likeness (QED) is 0.737. The number of imidazole rings is 1. The Morgan fingerprint density at radius 1 is 1.00 bits per heavy atom. The van der Waals surface area contributed by atoms with Crippen molar-refractivity contribution >= 4 is 11.0 Å². The van der Waals surface area contributed by atoms with Gasteiger partial charge in [0, 0.05) is 6.42 Å². The van der Waals surface area contributed by atoms with Gasteiger partial charge in [0.1, 0.15) is 11.9 Å². The van der Waals surface area contributed by atoms with Gasteiger partial charge >= 0.3 is 0 Å². The van der Waals surface area contributed by atoms with Gasteiger partial charge in [0.05, 0.1) is 11.0 Å². The summed E-state index contributed by atoms with van der Waals surface area (Å²) < 4.78 is 0. The summed E-state index contributed by atoms with van der Waals surface area (Å²) in [5.74, 6) is 0.625. The maximum absolute atomic E-state index is 10.2. The van der Waals surface area contributed by atoms with E-state index in [-0.39, 0.29) is 0 Å². The molecule has 0 radical (unpaired) electrons. The molecule has 1 atom stereocenters. The highest BCUT2D eigenvalue weighted by molar-refractivity contribution is 5.74. The van der Waals surface area contributed by atoms with E-state index in [4.69, 9.17) is 0 Å². The molecule has 0 bridgehead atoms. The summed E-state index contributed by atoms with van der Waals surface area (Å²) in [5.41, 5.74) is 2.95. The van der Waals surface area contributed by atoms with Crippen molar-refractivity contribution in [2.75, 3.05) is 0 Å². The number of nitrogens with zero attached hydrogens (tertiary/aromatic N) is 1. The van der Waals surface area contributed by atoms with Gasteiger partial charge in [-0.2, -0.15) is 0 Å². The molecule has 0 aliphatic rings. The average Bonchev–Trinajstić information content (AvgIpc) is 2.84. The number of hydrogen-bond acceptors (Lipinski definition) is 2. The Balaban J connectivity index is 1.86. The first-order valence-electron chi connectivity index (χ1n) is 5.99. The molecular weight excluding hydrogens is 224 g/mol. The number of hydrogen-bond donors (Lipinski definition) is 2. The van der Waals surface area contributed by atoms with Crippen LogP contribution in [0, 0.1) is 0 Å². The summed E-state index contributed by atoms with van der Waals surface area (Å²) in [6, 6.07) is 17.7. The van der Waals surface area contributed by atoms with Crippen LogP contribution in [0.3, 0.4) is 0 Å². The zero-order chi connectivity index (χ0) is 12.4. The third-order valence-corrected chi connectivity index (χ3v) is 3.00. The molecule has 3 nitrogen and oxygen atoms in total. The highest BCUT2D eigenvalue weighted by Crippen LogP contribution is 2.19. The van der Waals surface area contributed by atoms with Crippen LogP contribution in [-0.2, 0) is 6.42 Å². The first-order chi connectivity index (χ1) is 8.83. The van der Waals surface area contributed by atoms with Gasteiger partial charge in [-0.25, -0.2) is 4.98 Å². The van der Waals surface area contributed by atoms with E-state index in [1.807, 2.05) is 54.6 Å². The SMILES string of the molecule is OC(Cc1ccccc1)c1nc2ccccc2[nH]1. The van der Waals surface area contributed by atoms with Crippen molar-refractivity contribution in [1.29, 1.82) is 0 Å². The molecule has 0 spiro atoms. The van der Waals surface area contributed by atoms with Gasteiger partial charge in [0.2, 0.25) is 0 Å². The number of aromatic amines is 1. The number of aromatic nitrogens is 2. The number of benzene rings is 2. The van der Waals surface area contributed by atoms with Crippen molar-refractivity contribution in [2.24, 2.45) is 0 Å². The van der Waals surface area contributed by atoms with Gasteiger partial charge in [0.15, 0.2) is 0 Å². The first-order valence-corrected chi connectivity index (χ1v) is 5.99. The molecule has 0 saturated carbocycles. The average molecular weight is 238 g/mol. The van der Waals surface area contributed by atoms with Crippen molar-refractivity contribution in [3.05, 3.63) is 66.0 Å². The summed E-state index contributed by atoms with van der Waals surface area (Å²) >= 11 is 0. The van der Waals surface area contributed by atoms with E-state index < -0.39 is 6.10 Å². The summed E-state index contributed by atoms with van der Waals surface area (Å²) in [7, 11) is 0. The number of rotatable bonds is 3. The predicted molar refractivity (Wildman–Crippen MR) is 71.2 cm³/mol. The Bertz CT molecular complexity index is 613. The van der Waals surface area contributed by atoms with E-state index in [0.717, 1.165) is 16.6 Å². The van der Waals surface area contributed by atoms with Crippen molar-refractivity contribution < 1.29 is 5.11 Å². The smallest absolute Gasteiger partial charge is 0.136 e. The van der Waals surface area contributed by atoms with Crippen LogP contribution < -0.4 is 0 Å². The van der Waals surface area contributed by atoms with Gasteiger partial charge < -0.3 is 10.1 Å². The van der Waals surface area contributed by atoms with Gasteiger partial charge in [-0.1, -0.05) is 42.5 Å². The fraction of sp³-hybridized carbons (Fsp3) is 0.133. The highest BCUT2D eigenvalue weighted by Gasteiger charge is 2.12. The molecule has 0 aliphatic heterocycles. The molecule has 0 fully saturated rings. The van der Waals surface area contributed by atoms with E-state index in [1.165, 1.54) is 0 Å². The number of aliphatic hydroxyl groups is 1. The lowest BCUT2D eigenvalue weighted by molar-refractivity contribution is 0.170. The van der Waals surface area contributed by atoms with Gasteiger partial charge in [0.25, 0.3) is 0 Å². The Morgan fingerprint density at radius 2 is 1.72 bits per heavy atom. The lowest BCUT2D eigenvalue weighted by atomic mass is 10.1. The molecular formula is C15H14N2O. The van der Waals surface area contributed by atoms with Crippen LogP contribution >= 0.6 is 0 Å². The van der Waals surface area contributed by atoms with Gasteiger partial charge in [-0.15, -0.1) is 0 Å². The molecule has 18 heavy (non-hydrogen) atoms. The second-order valence-corrected chi connectivity index (χ2v) is 4.34. The van der Waals surface area contributed by atoms with E-state index in [9.17, 15) is 5.11 Å². The summed E-state index contributed by atoms with van der Waals surface area (Å²) in [6.45, 7) is 0. The van der Waals surface area contributed by atoms with Crippen LogP contribution in [0.5, 0.6) is 0 Å². The van der Waals surface area contributed by atoms with E-state index in [2.05, 4.69) is 9.97 Å². The Morgan fingerprint density at radius 3 is 2.50 bits per heavy atom. The third kappa shape index (κ3) is 2.13. The van der Waals surface area contributed by atoms with Crippen LogP contribution in [0.25, 0.3) is 11.0 Å². The minimum absolute atomic E-state index is 0.570. The van der Waals surface area contributed by atoms with Crippen LogP contribution in [0.1, 0.15) is 17.5 Å². The lowest BCUT2D eigenvalue weighted by Gasteiger charge is -2.07. The van der Waals surface area contributed by atoms with Crippen LogP contribution in [-0.4, -0.2) is 15.1 Å². The molecule has 2 aromatic carbocycles. The van der Waals surface area contributed by atoms with Crippen LogP contribution in [0.15, 0.2) is 54.6 Å². The maximum Gasteiger partial charge on any atom is 0.136 e. The number of nitrogens with one attached hydrogen (secondary N) is 1. The molecule has 1 aromatic heterocycles. The van der Waals surface area contributed by atoms with E-state index in [1.54, 1.807) is 0 Å². The summed E-state index contributed by atoms with van der Waals surface area (Å²) in [5, 5.41) is 10.2. The number of H-pyrrole nitrogens is 1. The normalized spacial score (nSPS) is 12.7. The third-order valence-electron chi connectivity index (χ3n) is 3.00. The molecule has 0 saturated heterocycles. The zero-order valence-corrected chi connectivity index (χ0v) is 9.88. The number of para-hydroxylation sites is 2. The fourth-order valence-electron chi connectivity index (χ4n) is 2.06. The zero-order valence-electron chi connectivity index (χ0n) is 9.88. The summed E-state index contributed by atoms with van der Waals surface area (Å²) in [4.78, 5) is 7.56. The number of aliphatic hydroxyl groups excluding tert-OH is 1. The van der Waals surface area contributed by atoms with E-state index in [0.29, 0.717) is 12.2 Å². The maximum atomic E-state index is 10.2. The van der Waals surface area contributed by atoms with Crippen molar-refractivity contribution in [1.82, 2.24) is 9.97 Å². The Kier molecular flexibility index (Phi) is 2.82. The van der Waals surface area contributed by atoms with E-state index >= 15 is 0 Å². The first kappa shape index (κ1) is 11.0. The second-order valence-electron chi connectivity index (χ2n) is 4.34. The van der Waals surface area contributed by atoms with Gasteiger partial charge in [-0.05, 0) is 17.7 Å². The monoisotopic (exact) mass is 238 g/mol. The fourth-order valence-corrected chi connectivity index (χ4v) is 2.06. The number of fused-ring (bicyclic) bond motifs is 1. The van der Waals surface area contributed by atoms with Gasteiger partial charge in [-0.3, -0.25) is 0 Å². The Hall–Kier alpha value is -2.13. The largest absolute Gasteiger partial charge is 0.385 e. The summed E-state index contributed by atoms with van der Waals surface area (Å²) in [6.07, 6.45) is -0.0273. The predicted octanol–water partition coefficient (Wildman–Crippen LogP) is 2.84. The minimum atomic E-state index is -0.597. The molecule has 90 valence electrons. The van der Waals surface area contributed by atoms with Crippen LogP contribution in [0.2, 0.25) is 0 Å². The topological polar surface area (TPSA) is 48.9 Å². The van der Waals surface area contributed by atoms with Crippen LogP contribution in [0.4, 0.5) is 0 Å². The van der Waals surface area contributed by atoms with Crippen molar-refractivity contribution in [3.63, 3.8) is 0 Å². The Labute approximate surface area is 105 Å². The lowest BCUT2D eigenvalue weighted by Crippen LogP contribution is -2.03.